The van der Waals surface area contributed by atoms with Gasteiger partial charge in [-0.25, -0.2) is 0 Å². The maximum absolute atomic E-state index is 11.2. The van der Waals surface area contributed by atoms with Crippen molar-refractivity contribution in [3.05, 3.63) is 0 Å². The average molecular weight is 202 g/mol. The predicted octanol–water partition coefficient (Wildman–Crippen LogP) is -0.874. The molecule has 2 N–H and O–H groups in total. The van der Waals surface area contributed by atoms with Crippen LogP contribution in [-0.2, 0) is 14.3 Å². The maximum Gasteiger partial charge on any atom is 0.246 e. The van der Waals surface area contributed by atoms with Gasteiger partial charge in [0.05, 0.1) is 12.1 Å². The first-order valence-corrected chi connectivity index (χ1v) is 4.88. The Morgan fingerprint density at radius 3 is 3.00 bits per heavy atom. The number of amides is 1. The van der Waals surface area contributed by atoms with E-state index in [-0.39, 0.29) is 24.7 Å². The lowest BCUT2D eigenvalue weighted by molar-refractivity contribution is -0.126. The van der Waals surface area contributed by atoms with Crippen LogP contribution in [0.3, 0.4) is 0 Å². The van der Waals surface area contributed by atoms with Crippen LogP contribution in [0.1, 0.15) is 6.92 Å². The van der Waals surface area contributed by atoms with Crippen molar-refractivity contribution in [3.63, 3.8) is 0 Å². The monoisotopic (exact) mass is 202 g/mol. The molecule has 0 aromatic heterocycles. The summed E-state index contributed by atoms with van der Waals surface area (Å²) >= 11 is 0. The summed E-state index contributed by atoms with van der Waals surface area (Å²) in [6.07, 6.45) is 0.0841. The number of ether oxygens (including phenoxy) is 2. The van der Waals surface area contributed by atoms with Gasteiger partial charge in [-0.3, -0.25) is 4.79 Å². The molecule has 0 aliphatic carbocycles. The standard InChI is InChI=1S/C9H18N2O3/c1-3-14-8-5-10-4-7(8)11-9(12)6-13-2/h7-8,10H,3-6H2,1-2H3,(H,11,12). The molecule has 14 heavy (non-hydrogen) atoms. The molecule has 1 aliphatic heterocycles. The highest BCUT2D eigenvalue weighted by Gasteiger charge is 2.28. The molecular weight excluding hydrogens is 184 g/mol. The number of methoxy groups -OCH3 is 1. The third-order valence-electron chi connectivity index (χ3n) is 2.16. The van der Waals surface area contributed by atoms with E-state index >= 15 is 0 Å². The lowest BCUT2D eigenvalue weighted by atomic mass is 10.2. The summed E-state index contributed by atoms with van der Waals surface area (Å²) in [5.74, 6) is -0.0918. The van der Waals surface area contributed by atoms with Gasteiger partial charge in [0, 0.05) is 26.8 Å². The summed E-state index contributed by atoms with van der Waals surface area (Å²) in [6, 6.07) is 0.0672. The molecule has 0 spiro atoms. The first-order chi connectivity index (χ1) is 6.77. The molecule has 5 nitrogen and oxygen atoms in total. The third kappa shape index (κ3) is 3.25. The van der Waals surface area contributed by atoms with Crippen molar-refractivity contribution in [2.24, 2.45) is 0 Å². The van der Waals surface area contributed by atoms with Crippen molar-refractivity contribution < 1.29 is 14.3 Å². The van der Waals surface area contributed by atoms with Crippen LogP contribution in [-0.4, -0.2) is 51.5 Å². The minimum atomic E-state index is -0.0918. The second-order valence-corrected chi connectivity index (χ2v) is 3.26. The van der Waals surface area contributed by atoms with Gasteiger partial charge in [0.1, 0.15) is 6.61 Å². The number of carbonyl (C=O) groups is 1. The Kier molecular flexibility index (Phi) is 4.86. The highest BCUT2D eigenvalue weighted by molar-refractivity contribution is 5.77. The zero-order chi connectivity index (χ0) is 10.4. The molecule has 82 valence electrons. The molecule has 1 rings (SSSR count). The Bertz CT molecular complexity index is 187. The fraction of sp³-hybridized carbons (Fsp3) is 0.889. The first-order valence-electron chi connectivity index (χ1n) is 4.88. The summed E-state index contributed by atoms with van der Waals surface area (Å²) in [7, 11) is 1.51. The third-order valence-corrected chi connectivity index (χ3v) is 2.16. The number of hydrogen-bond acceptors (Lipinski definition) is 4. The fourth-order valence-corrected chi connectivity index (χ4v) is 1.57. The number of hydrogen-bond donors (Lipinski definition) is 2. The van der Waals surface area contributed by atoms with E-state index in [2.05, 4.69) is 10.6 Å². The molecule has 1 aliphatic rings. The largest absolute Gasteiger partial charge is 0.375 e. The molecule has 2 unspecified atom stereocenters. The van der Waals surface area contributed by atoms with E-state index in [1.807, 2.05) is 6.92 Å². The Balaban J connectivity index is 2.31. The summed E-state index contributed by atoms with van der Waals surface area (Å²) in [4.78, 5) is 11.2. The van der Waals surface area contributed by atoms with Gasteiger partial charge in [0.25, 0.3) is 0 Å². The van der Waals surface area contributed by atoms with Crippen molar-refractivity contribution >= 4 is 5.91 Å². The molecule has 2 atom stereocenters. The van der Waals surface area contributed by atoms with E-state index in [1.165, 1.54) is 7.11 Å². The summed E-state index contributed by atoms with van der Waals surface area (Å²) in [6.45, 7) is 4.29. The van der Waals surface area contributed by atoms with Gasteiger partial charge in [-0.15, -0.1) is 0 Å². The SMILES string of the molecule is CCOC1CNCC1NC(=O)COC. The Labute approximate surface area is 84.1 Å². The number of rotatable bonds is 5. The quantitative estimate of drug-likeness (QED) is 0.608. The minimum Gasteiger partial charge on any atom is -0.375 e. The van der Waals surface area contributed by atoms with Gasteiger partial charge in [-0.2, -0.15) is 0 Å². The lowest BCUT2D eigenvalue weighted by Crippen LogP contribution is -2.45. The van der Waals surface area contributed by atoms with Crippen molar-refractivity contribution in [3.8, 4) is 0 Å². The second kappa shape index (κ2) is 5.95. The molecule has 5 heteroatoms. The van der Waals surface area contributed by atoms with Gasteiger partial charge < -0.3 is 20.1 Å². The molecule has 0 radical (unpaired) electrons. The molecular formula is C9H18N2O3. The Morgan fingerprint density at radius 1 is 1.57 bits per heavy atom. The topological polar surface area (TPSA) is 59.6 Å². The zero-order valence-electron chi connectivity index (χ0n) is 8.71. The number of nitrogens with one attached hydrogen (secondary N) is 2. The van der Waals surface area contributed by atoms with E-state index in [9.17, 15) is 4.79 Å². The van der Waals surface area contributed by atoms with Crippen LogP contribution in [0.4, 0.5) is 0 Å². The lowest BCUT2D eigenvalue weighted by Gasteiger charge is -2.19. The Morgan fingerprint density at radius 2 is 2.36 bits per heavy atom. The van der Waals surface area contributed by atoms with Crippen LogP contribution in [0.25, 0.3) is 0 Å². The van der Waals surface area contributed by atoms with Crippen LogP contribution in [0.2, 0.25) is 0 Å². The second-order valence-electron chi connectivity index (χ2n) is 3.26. The Hall–Kier alpha value is -0.650. The van der Waals surface area contributed by atoms with Gasteiger partial charge in [0.2, 0.25) is 5.91 Å². The first kappa shape index (κ1) is 11.4. The summed E-state index contributed by atoms with van der Waals surface area (Å²) in [5.41, 5.74) is 0. The van der Waals surface area contributed by atoms with Crippen LogP contribution in [0, 0.1) is 0 Å². The van der Waals surface area contributed by atoms with Gasteiger partial charge in [-0.1, -0.05) is 0 Å². The van der Waals surface area contributed by atoms with Crippen LogP contribution in [0.15, 0.2) is 0 Å². The molecule has 0 aromatic carbocycles. The van der Waals surface area contributed by atoms with Crippen molar-refractivity contribution in [2.75, 3.05) is 33.4 Å². The zero-order valence-corrected chi connectivity index (χ0v) is 8.71. The van der Waals surface area contributed by atoms with Crippen molar-refractivity contribution in [1.29, 1.82) is 0 Å². The maximum atomic E-state index is 11.2. The number of carbonyl (C=O) groups excluding carboxylic acids is 1. The van der Waals surface area contributed by atoms with E-state index < -0.39 is 0 Å². The molecule has 1 amide bonds. The smallest absolute Gasteiger partial charge is 0.246 e. The van der Waals surface area contributed by atoms with Crippen molar-refractivity contribution in [1.82, 2.24) is 10.6 Å². The molecule has 0 aromatic rings. The van der Waals surface area contributed by atoms with Gasteiger partial charge in [0.15, 0.2) is 0 Å². The normalized spacial score (nSPS) is 26.4. The molecule has 1 fully saturated rings. The fourth-order valence-electron chi connectivity index (χ4n) is 1.57. The van der Waals surface area contributed by atoms with Crippen molar-refractivity contribution in [2.45, 2.75) is 19.1 Å². The highest BCUT2D eigenvalue weighted by Crippen LogP contribution is 2.04. The van der Waals surface area contributed by atoms with Crippen LogP contribution in [0.5, 0.6) is 0 Å². The van der Waals surface area contributed by atoms with Crippen LogP contribution >= 0.6 is 0 Å². The molecule has 0 bridgehead atoms. The molecule has 1 heterocycles. The van der Waals surface area contributed by atoms with E-state index in [0.717, 1.165) is 13.1 Å². The van der Waals surface area contributed by atoms with E-state index in [4.69, 9.17) is 9.47 Å². The van der Waals surface area contributed by atoms with E-state index in [1.54, 1.807) is 0 Å². The highest BCUT2D eigenvalue weighted by atomic mass is 16.5. The van der Waals surface area contributed by atoms with Gasteiger partial charge >= 0.3 is 0 Å². The van der Waals surface area contributed by atoms with E-state index in [0.29, 0.717) is 6.61 Å². The van der Waals surface area contributed by atoms with Gasteiger partial charge in [-0.05, 0) is 6.92 Å². The molecule has 0 saturated carbocycles. The molecule has 1 saturated heterocycles. The minimum absolute atomic E-state index is 0.0672. The predicted molar refractivity (Wildman–Crippen MR) is 52.1 cm³/mol. The van der Waals surface area contributed by atoms with Crippen LogP contribution < -0.4 is 10.6 Å². The average Bonchev–Trinajstić information content (AvgIpc) is 2.54. The summed E-state index contributed by atoms with van der Waals surface area (Å²) < 4.78 is 10.2. The summed E-state index contributed by atoms with van der Waals surface area (Å²) in [5, 5.41) is 6.04.